The van der Waals surface area contributed by atoms with Crippen molar-refractivity contribution in [1.82, 2.24) is 9.71 Å². The van der Waals surface area contributed by atoms with Crippen LogP contribution in [0.3, 0.4) is 0 Å². The van der Waals surface area contributed by atoms with Gasteiger partial charge in [-0.1, -0.05) is 6.42 Å². The first kappa shape index (κ1) is 14.5. The van der Waals surface area contributed by atoms with E-state index in [4.69, 9.17) is 0 Å². The van der Waals surface area contributed by atoms with Gasteiger partial charge in [0.05, 0.1) is 5.92 Å². The van der Waals surface area contributed by atoms with E-state index >= 15 is 0 Å². The Balaban J connectivity index is 1.83. The van der Waals surface area contributed by atoms with Crippen LogP contribution in [0, 0.1) is 24.7 Å². The highest BCUT2D eigenvalue weighted by Gasteiger charge is 2.56. The Morgan fingerprint density at radius 2 is 2.05 bits per heavy atom. The number of carbonyl (C=O) groups is 1. The molecule has 1 aromatic rings. The lowest BCUT2D eigenvalue weighted by molar-refractivity contribution is -0.152. The number of fused-ring (bicyclic) bond motifs is 1. The number of nitrogens with zero attached hydrogens (tertiary/aromatic N) is 1. The fourth-order valence-electron chi connectivity index (χ4n) is 3.72. The van der Waals surface area contributed by atoms with Crippen LogP contribution >= 0.6 is 0 Å². The van der Waals surface area contributed by atoms with E-state index in [2.05, 4.69) is 9.71 Å². The van der Waals surface area contributed by atoms with Crippen LogP contribution in [0.25, 0.3) is 0 Å². The Labute approximate surface area is 123 Å². The van der Waals surface area contributed by atoms with E-state index < -0.39 is 28.0 Å². The van der Waals surface area contributed by atoms with Gasteiger partial charge in [0.25, 0.3) is 0 Å². The fourth-order valence-corrected chi connectivity index (χ4v) is 5.07. The van der Waals surface area contributed by atoms with Crippen molar-refractivity contribution in [2.75, 3.05) is 0 Å². The molecular formula is C14H18N2O4S. The highest BCUT2D eigenvalue weighted by atomic mass is 32.2. The Bertz CT molecular complexity index is 673. The molecule has 2 aliphatic rings. The highest BCUT2D eigenvalue weighted by molar-refractivity contribution is 7.89. The van der Waals surface area contributed by atoms with Gasteiger partial charge in [-0.3, -0.25) is 9.78 Å². The van der Waals surface area contributed by atoms with E-state index in [-0.39, 0.29) is 16.7 Å². The van der Waals surface area contributed by atoms with Crippen molar-refractivity contribution < 1.29 is 18.3 Å². The molecule has 6 nitrogen and oxygen atoms in total. The van der Waals surface area contributed by atoms with Gasteiger partial charge in [-0.05, 0) is 43.2 Å². The minimum absolute atomic E-state index is 0.0908. The van der Waals surface area contributed by atoms with E-state index in [0.717, 1.165) is 24.8 Å². The van der Waals surface area contributed by atoms with Gasteiger partial charge in [-0.2, -0.15) is 0 Å². The minimum atomic E-state index is -3.72. The maximum Gasteiger partial charge on any atom is 0.308 e. The largest absolute Gasteiger partial charge is 0.481 e. The van der Waals surface area contributed by atoms with Crippen LogP contribution in [-0.4, -0.2) is 30.5 Å². The van der Waals surface area contributed by atoms with E-state index in [1.165, 1.54) is 12.3 Å². The van der Waals surface area contributed by atoms with Gasteiger partial charge >= 0.3 is 5.97 Å². The maximum atomic E-state index is 12.4. The monoisotopic (exact) mass is 310 g/mol. The van der Waals surface area contributed by atoms with Gasteiger partial charge in [0.2, 0.25) is 10.0 Å². The molecule has 0 bridgehead atoms. The average molecular weight is 310 g/mol. The Kier molecular flexibility index (Phi) is 3.49. The van der Waals surface area contributed by atoms with Gasteiger partial charge in [0.1, 0.15) is 4.90 Å². The predicted molar refractivity (Wildman–Crippen MR) is 75.0 cm³/mol. The first-order valence-corrected chi connectivity index (χ1v) is 8.55. The summed E-state index contributed by atoms with van der Waals surface area (Å²) in [6.07, 6.45) is 5.62. The zero-order valence-corrected chi connectivity index (χ0v) is 12.5. The Morgan fingerprint density at radius 1 is 1.33 bits per heavy atom. The number of pyridine rings is 1. The van der Waals surface area contributed by atoms with E-state index in [1.807, 2.05) is 0 Å². The third-order valence-corrected chi connectivity index (χ3v) is 6.10. The van der Waals surface area contributed by atoms with Crippen LogP contribution in [0.5, 0.6) is 0 Å². The molecule has 0 aromatic carbocycles. The summed E-state index contributed by atoms with van der Waals surface area (Å²) < 4.78 is 27.4. The molecule has 0 radical (unpaired) electrons. The number of nitrogens with one attached hydrogen (secondary N) is 1. The summed E-state index contributed by atoms with van der Waals surface area (Å²) in [5.41, 5.74) is 0.750. The van der Waals surface area contributed by atoms with Gasteiger partial charge in [-0.15, -0.1) is 0 Å². The third-order valence-electron chi connectivity index (χ3n) is 4.67. The summed E-state index contributed by atoms with van der Waals surface area (Å²) in [4.78, 5) is 15.3. The third kappa shape index (κ3) is 2.44. The van der Waals surface area contributed by atoms with Crippen LogP contribution in [0.4, 0.5) is 0 Å². The summed E-state index contributed by atoms with van der Waals surface area (Å²) in [6.45, 7) is 1.77. The quantitative estimate of drug-likeness (QED) is 0.870. The highest BCUT2D eigenvalue weighted by Crippen LogP contribution is 2.51. The van der Waals surface area contributed by atoms with E-state index in [1.54, 1.807) is 13.1 Å². The van der Waals surface area contributed by atoms with Gasteiger partial charge in [0, 0.05) is 18.4 Å². The van der Waals surface area contributed by atoms with Crippen molar-refractivity contribution in [2.45, 2.75) is 37.1 Å². The smallest absolute Gasteiger partial charge is 0.308 e. The zero-order chi connectivity index (χ0) is 15.2. The molecule has 4 atom stereocenters. The lowest BCUT2D eigenvalue weighted by Crippen LogP contribution is -2.60. The van der Waals surface area contributed by atoms with Crippen molar-refractivity contribution >= 4 is 16.0 Å². The van der Waals surface area contributed by atoms with E-state index in [0.29, 0.717) is 0 Å². The second-order valence-electron chi connectivity index (χ2n) is 5.97. The zero-order valence-electron chi connectivity index (χ0n) is 11.7. The number of rotatable bonds is 4. The topological polar surface area (TPSA) is 96.4 Å². The first-order chi connectivity index (χ1) is 9.90. The summed E-state index contributed by atoms with van der Waals surface area (Å²) in [5.74, 6) is -1.25. The predicted octanol–water partition coefficient (Wildman–Crippen LogP) is 1.17. The Morgan fingerprint density at radius 3 is 2.71 bits per heavy atom. The SMILES string of the molecule is Cc1cncc(S(=O)(=O)N[C@H]2[C@@H]3CCC[C@@H]3[C@@H]2C(=O)O)c1. The number of hydrogen-bond donors (Lipinski definition) is 2. The number of carboxylic acid groups (broad SMARTS) is 1. The molecule has 3 rings (SSSR count). The van der Waals surface area contributed by atoms with Crippen molar-refractivity contribution in [2.24, 2.45) is 17.8 Å². The van der Waals surface area contributed by atoms with Crippen LogP contribution in [0.15, 0.2) is 23.4 Å². The van der Waals surface area contributed by atoms with Crippen molar-refractivity contribution in [3.63, 3.8) is 0 Å². The normalized spacial score (nSPS) is 31.5. The molecule has 1 aromatic heterocycles. The second kappa shape index (κ2) is 5.06. The number of carboxylic acids is 1. The van der Waals surface area contributed by atoms with Crippen molar-refractivity contribution in [3.05, 3.63) is 24.0 Å². The lowest BCUT2D eigenvalue weighted by atomic mass is 9.63. The fraction of sp³-hybridized carbons (Fsp3) is 0.571. The molecule has 0 saturated heterocycles. The van der Waals surface area contributed by atoms with Crippen LogP contribution in [0.2, 0.25) is 0 Å². The van der Waals surface area contributed by atoms with Crippen molar-refractivity contribution in [1.29, 1.82) is 0 Å². The van der Waals surface area contributed by atoms with Gasteiger partial charge in [0.15, 0.2) is 0 Å². The molecule has 0 spiro atoms. The number of aryl methyl sites for hydroxylation is 1. The first-order valence-electron chi connectivity index (χ1n) is 7.07. The summed E-state index contributed by atoms with van der Waals surface area (Å²) in [7, 11) is -3.72. The standard InChI is InChI=1S/C14H18N2O4S/c1-8-5-9(7-15-6-8)21(19,20)16-13-11-4-2-3-10(11)12(13)14(17)18/h5-7,10-13,16H,2-4H2,1H3,(H,17,18)/t10-,11+,12-,13-/m0/s1. The molecule has 114 valence electrons. The van der Waals surface area contributed by atoms with Crippen molar-refractivity contribution in [3.8, 4) is 0 Å². The summed E-state index contributed by atoms with van der Waals surface area (Å²) in [6, 6.07) is 1.04. The summed E-state index contributed by atoms with van der Waals surface area (Å²) in [5, 5.41) is 9.32. The number of sulfonamides is 1. The molecule has 1 heterocycles. The molecule has 2 saturated carbocycles. The number of aliphatic carboxylic acids is 1. The van der Waals surface area contributed by atoms with Crippen LogP contribution < -0.4 is 4.72 Å². The molecule has 2 N–H and O–H groups in total. The molecule has 7 heteroatoms. The number of hydrogen-bond acceptors (Lipinski definition) is 4. The lowest BCUT2D eigenvalue weighted by Gasteiger charge is -2.46. The average Bonchev–Trinajstić information content (AvgIpc) is 2.79. The molecule has 2 aliphatic carbocycles. The Hall–Kier alpha value is -1.47. The minimum Gasteiger partial charge on any atom is -0.481 e. The molecule has 2 fully saturated rings. The summed E-state index contributed by atoms with van der Waals surface area (Å²) >= 11 is 0. The molecular weight excluding hydrogens is 292 g/mol. The van der Waals surface area contributed by atoms with Crippen LogP contribution in [-0.2, 0) is 14.8 Å². The van der Waals surface area contributed by atoms with E-state index in [9.17, 15) is 18.3 Å². The maximum absolute atomic E-state index is 12.4. The molecule has 0 aliphatic heterocycles. The molecule has 0 unspecified atom stereocenters. The number of aromatic nitrogens is 1. The molecule has 21 heavy (non-hydrogen) atoms. The molecule has 0 amide bonds. The van der Waals surface area contributed by atoms with Crippen LogP contribution in [0.1, 0.15) is 24.8 Å². The second-order valence-corrected chi connectivity index (χ2v) is 7.68. The van der Waals surface area contributed by atoms with Gasteiger partial charge < -0.3 is 5.11 Å². The van der Waals surface area contributed by atoms with Gasteiger partial charge in [-0.25, -0.2) is 13.1 Å².